The van der Waals surface area contributed by atoms with Crippen LogP contribution < -0.4 is 4.74 Å². The molecular weight excluding hydrogens is 287 g/mol. The van der Waals surface area contributed by atoms with Crippen molar-refractivity contribution in [1.82, 2.24) is 0 Å². The van der Waals surface area contributed by atoms with E-state index in [0.29, 0.717) is 11.3 Å². The number of benzene rings is 1. The van der Waals surface area contributed by atoms with Crippen LogP contribution in [0.4, 0.5) is 0 Å². The Morgan fingerprint density at radius 2 is 1.89 bits per heavy atom. The summed E-state index contributed by atoms with van der Waals surface area (Å²) in [6.07, 6.45) is 5.48. The molecule has 5 heteroatoms. The average Bonchev–Trinajstić information content (AvgIpc) is 2.42. The summed E-state index contributed by atoms with van der Waals surface area (Å²) in [6, 6.07) is 2.89. The lowest BCUT2D eigenvalue weighted by molar-refractivity contribution is -0.139. The minimum absolute atomic E-state index is 0.0972. The summed E-state index contributed by atoms with van der Waals surface area (Å²) in [6.45, 7) is 0. The van der Waals surface area contributed by atoms with Crippen LogP contribution in [0.15, 0.2) is 12.1 Å². The topological polar surface area (TPSA) is 43.4 Å². The van der Waals surface area contributed by atoms with Gasteiger partial charge < -0.3 is 4.74 Å². The van der Waals surface area contributed by atoms with Crippen LogP contribution in [0.5, 0.6) is 5.75 Å². The maximum absolute atomic E-state index is 12.0. The Balaban J connectivity index is 2.18. The molecule has 0 radical (unpaired) electrons. The van der Waals surface area contributed by atoms with Crippen molar-refractivity contribution in [1.29, 1.82) is 0 Å². The molecule has 0 saturated heterocycles. The van der Waals surface area contributed by atoms with Crippen molar-refractivity contribution >= 4 is 35.5 Å². The molecule has 1 aromatic rings. The second-order valence-corrected chi connectivity index (χ2v) is 5.52. The van der Waals surface area contributed by atoms with E-state index in [-0.39, 0.29) is 28.2 Å². The third kappa shape index (κ3) is 3.48. The van der Waals surface area contributed by atoms with Crippen LogP contribution in [0.2, 0.25) is 10.0 Å². The van der Waals surface area contributed by atoms with E-state index in [2.05, 4.69) is 0 Å². The molecule has 0 atom stereocenters. The predicted octanol–water partition coefficient (Wildman–Crippen LogP) is 4.29. The summed E-state index contributed by atoms with van der Waals surface area (Å²) < 4.78 is 5.30. The van der Waals surface area contributed by atoms with Gasteiger partial charge in [0.15, 0.2) is 12.0 Å². The molecule has 102 valence electrons. The first-order valence-electron chi connectivity index (χ1n) is 6.27. The van der Waals surface area contributed by atoms with E-state index < -0.39 is 0 Å². The Hall–Kier alpha value is -1.06. The highest BCUT2D eigenvalue weighted by Gasteiger charge is 2.24. The molecule has 1 aliphatic rings. The van der Waals surface area contributed by atoms with Crippen molar-refractivity contribution in [2.45, 2.75) is 32.1 Å². The van der Waals surface area contributed by atoms with Gasteiger partial charge in [-0.2, -0.15) is 0 Å². The van der Waals surface area contributed by atoms with Gasteiger partial charge in [-0.25, -0.2) is 0 Å². The molecule has 1 aliphatic carbocycles. The molecule has 3 nitrogen and oxygen atoms in total. The standard InChI is InChI=1S/C14H14Cl2O3/c15-11-6-10(8-17)13(12(16)7-11)19-14(18)9-4-2-1-3-5-9/h6-9H,1-5H2. The van der Waals surface area contributed by atoms with E-state index in [4.69, 9.17) is 27.9 Å². The third-order valence-electron chi connectivity index (χ3n) is 3.31. The minimum Gasteiger partial charge on any atom is -0.424 e. The molecule has 0 unspecified atom stereocenters. The van der Waals surface area contributed by atoms with Gasteiger partial charge >= 0.3 is 5.97 Å². The normalized spacial score (nSPS) is 16.1. The van der Waals surface area contributed by atoms with Gasteiger partial charge in [-0.05, 0) is 25.0 Å². The highest BCUT2D eigenvalue weighted by atomic mass is 35.5. The van der Waals surface area contributed by atoms with Gasteiger partial charge in [0.2, 0.25) is 0 Å². The highest BCUT2D eigenvalue weighted by Crippen LogP contribution is 2.33. The Morgan fingerprint density at radius 3 is 2.53 bits per heavy atom. The number of hydrogen-bond donors (Lipinski definition) is 0. The number of halogens is 2. The number of rotatable bonds is 3. The quantitative estimate of drug-likeness (QED) is 0.475. The van der Waals surface area contributed by atoms with E-state index in [1.54, 1.807) is 0 Å². The molecule has 19 heavy (non-hydrogen) atoms. The summed E-state index contributed by atoms with van der Waals surface area (Å²) in [7, 11) is 0. The maximum atomic E-state index is 12.0. The molecule has 0 heterocycles. The van der Waals surface area contributed by atoms with E-state index >= 15 is 0 Å². The lowest BCUT2D eigenvalue weighted by Gasteiger charge is -2.20. The molecule has 0 amide bonds. The zero-order valence-corrected chi connectivity index (χ0v) is 11.8. The van der Waals surface area contributed by atoms with E-state index in [1.165, 1.54) is 12.1 Å². The van der Waals surface area contributed by atoms with Gasteiger partial charge in [-0.3, -0.25) is 9.59 Å². The fraction of sp³-hybridized carbons (Fsp3) is 0.429. The van der Waals surface area contributed by atoms with Gasteiger partial charge in [0.1, 0.15) is 0 Å². The van der Waals surface area contributed by atoms with Crippen LogP contribution in [0.25, 0.3) is 0 Å². The SMILES string of the molecule is O=Cc1cc(Cl)cc(Cl)c1OC(=O)C1CCCCC1. The van der Waals surface area contributed by atoms with Crippen molar-refractivity contribution < 1.29 is 14.3 Å². The van der Waals surface area contributed by atoms with Gasteiger partial charge in [0.25, 0.3) is 0 Å². The molecule has 0 aliphatic heterocycles. The van der Waals surface area contributed by atoms with Crippen molar-refractivity contribution in [3.8, 4) is 5.75 Å². The summed E-state index contributed by atoms with van der Waals surface area (Å²) >= 11 is 11.8. The van der Waals surface area contributed by atoms with Crippen LogP contribution in [0.3, 0.4) is 0 Å². The maximum Gasteiger partial charge on any atom is 0.314 e. The van der Waals surface area contributed by atoms with Crippen LogP contribution in [0.1, 0.15) is 42.5 Å². The van der Waals surface area contributed by atoms with Crippen molar-refractivity contribution in [3.63, 3.8) is 0 Å². The molecule has 2 rings (SSSR count). The summed E-state index contributed by atoms with van der Waals surface area (Å²) in [5.41, 5.74) is 0.196. The van der Waals surface area contributed by atoms with E-state index in [0.717, 1.165) is 32.1 Å². The molecule has 1 fully saturated rings. The second-order valence-electron chi connectivity index (χ2n) is 4.68. The molecule has 0 bridgehead atoms. The first kappa shape index (κ1) is 14.4. The lowest BCUT2D eigenvalue weighted by Crippen LogP contribution is -2.23. The van der Waals surface area contributed by atoms with Crippen LogP contribution in [-0.2, 0) is 4.79 Å². The molecule has 1 aromatic carbocycles. The summed E-state index contributed by atoms with van der Waals surface area (Å²) in [5, 5.41) is 0.517. The second kappa shape index (κ2) is 6.40. The van der Waals surface area contributed by atoms with Crippen molar-refractivity contribution in [2.24, 2.45) is 5.92 Å². The molecular formula is C14H14Cl2O3. The highest BCUT2D eigenvalue weighted by molar-refractivity contribution is 6.36. The monoisotopic (exact) mass is 300 g/mol. The van der Waals surface area contributed by atoms with Gasteiger partial charge in [0, 0.05) is 5.02 Å². The van der Waals surface area contributed by atoms with E-state index in [1.807, 2.05) is 0 Å². The number of aldehydes is 1. The zero-order chi connectivity index (χ0) is 13.8. The van der Waals surface area contributed by atoms with Crippen molar-refractivity contribution in [3.05, 3.63) is 27.7 Å². The predicted molar refractivity (Wildman–Crippen MR) is 74.1 cm³/mol. The Labute approximate surface area is 121 Å². The number of hydrogen-bond acceptors (Lipinski definition) is 3. The van der Waals surface area contributed by atoms with Gasteiger partial charge in [0.05, 0.1) is 16.5 Å². The molecule has 0 aromatic heterocycles. The minimum atomic E-state index is -0.313. The Morgan fingerprint density at radius 1 is 1.21 bits per heavy atom. The number of esters is 1. The van der Waals surface area contributed by atoms with Crippen LogP contribution in [-0.4, -0.2) is 12.3 Å². The van der Waals surface area contributed by atoms with Gasteiger partial charge in [-0.1, -0.05) is 42.5 Å². The average molecular weight is 301 g/mol. The smallest absolute Gasteiger partial charge is 0.314 e. The lowest BCUT2D eigenvalue weighted by atomic mass is 9.89. The Bertz CT molecular complexity index is 494. The molecule has 0 N–H and O–H groups in total. The first-order chi connectivity index (χ1) is 9.11. The number of carbonyl (C=O) groups is 2. The zero-order valence-electron chi connectivity index (χ0n) is 10.3. The largest absolute Gasteiger partial charge is 0.424 e. The van der Waals surface area contributed by atoms with Crippen LogP contribution in [0, 0.1) is 5.92 Å². The summed E-state index contributed by atoms with van der Waals surface area (Å²) in [4.78, 5) is 23.0. The summed E-state index contributed by atoms with van der Waals surface area (Å²) in [5.74, 6) is -0.302. The van der Waals surface area contributed by atoms with Crippen molar-refractivity contribution in [2.75, 3.05) is 0 Å². The molecule has 0 spiro atoms. The fourth-order valence-corrected chi connectivity index (χ4v) is 2.85. The number of ether oxygens (including phenoxy) is 1. The number of carbonyl (C=O) groups excluding carboxylic acids is 2. The first-order valence-corrected chi connectivity index (χ1v) is 7.03. The Kier molecular flexibility index (Phi) is 4.83. The van der Waals surface area contributed by atoms with Gasteiger partial charge in [-0.15, -0.1) is 0 Å². The third-order valence-corrected chi connectivity index (χ3v) is 3.80. The fourth-order valence-electron chi connectivity index (χ4n) is 2.30. The van der Waals surface area contributed by atoms with E-state index in [9.17, 15) is 9.59 Å². The van der Waals surface area contributed by atoms with Crippen LogP contribution >= 0.6 is 23.2 Å². The molecule has 1 saturated carbocycles.